The molecule has 0 saturated heterocycles. The second-order valence-electron chi connectivity index (χ2n) is 1.51. The number of rotatable bonds is 0. The second kappa shape index (κ2) is 1.94. The van der Waals surface area contributed by atoms with Crippen LogP contribution in [0.3, 0.4) is 0 Å². The lowest BCUT2D eigenvalue weighted by molar-refractivity contribution is -0.114. The molecule has 0 heterocycles. The van der Waals surface area contributed by atoms with Crippen molar-refractivity contribution >= 4 is 28.4 Å². The van der Waals surface area contributed by atoms with Crippen LogP contribution in [0.15, 0.2) is 9.66 Å². The number of hydrogen-bond donors (Lipinski definition) is 0. The van der Waals surface area contributed by atoms with Crippen LogP contribution < -0.4 is 0 Å². The Balaban J connectivity index is 2.72. The van der Waals surface area contributed by atoms with E-state index in [1.54, 1.807) is 0 Å². The first kappa shape index (κ1) is 5.28. The molecule has 0 aliphatic heterocycles. The molecule has 0 saturated carbocycles. The van der Waals surface area contributed by atoms with Crippen LogP contribution in [-0.2, 0) is 4.79 Å². The molecule has 0 N–H and O–H groups in total. The molecule has 0 spiro atoms. The van der Waals surface area contributed by atoms with Gasteiger partial charge in [0.2, 0.25) is 0 Å². The molecule has 0 fully saturated rings. The van der Waals surface area contributed by atoms with E-state index in [1.807, 2.05) is 6.08 Å². The van der Waals surface area contributed by atoms with E-state index in [4.69, 9.17) is 0 Å². The van der Waals surface area contributed by atoms with E-state index in [1.165, 1.54) is 0 Å². The molecule has 0 unspecified atom stereocenters. The van der Waals surface area contributed by atoms with Crippen molar-refractivity contribution in [1.29, 1.82) is 0 Å². The van der Waals surface area contributed by atoms with Crippen molar-refractivity contribution in [2.75, 3.05) is 0 Å². The molecule has 1 rings (SSSR count). The van der Waals surface area contributed by atoms with Crippen molar-refractivity contribution in [3.05, 3.63) is 9.66 Å². The molecule has 0 aromatic heterocycles. The molecular formula is C5H5IO. The van der Waals surface area contributed by atoms with Crippen molar-refractivity contribution in [2.24, 2.45) is 0 Å². The van der Waals surface area contributed by atoms with Crippen molar-refractivity contribution in [2.45, 2.75) is 12.8 Å². The predicted octanol–water partition coefficient (Wildman–Crippen LogP) is 1.67. The van der Waals surface area contributed by atoms with E-state index in [2.05, 4.69) is 22.6 Å². The van der Waals surface area contributed by atoms with E-state index in [0.29, 0.717) is 5.78 Å². The van der Waals surface area contributed by atoms with Crippen LogP contribution in [0.2, 0.25) is 0 Å². The molecule has 0 bridgehead atoms. The Kier molecular flexibility index (Phi) is 1.46. The zero-order valence-corrected chi connectivity index (χ0v) is 5.94. The van der Waals surface area contributed by atoms with Gasteiger partial charge in [-0.1, -0.05) is 6.08 Å². The first-order valence-electron chi connectivity index (χ1n) is 2.19. The van der Waals surface area contributed by atoms with Gasteiger partial charge in [0.15, 0.2) is 5.78 Å². The number of allylic oxidation sites excluding steroid dienone is 2. The minimum Gasteiger partial charge on any atom is -0.294 e. The molecule has 0 aromatic rings. The van der Waals surface area contributed by atoms with Crippen LogP contribution in [0.4, 0.5) is 0 Å². The van der Waals surface area contributed by atoms with E-state index >= 15 is 0 Å². The summed E-state index contributed by atoms with van der Waals surface area (Å²) in [6.07, 6.45) is 3.66. The Morgan fingerprint density at radius 3 is 2.57 bits per heavy atom. The van der Waals surface area contributed by atoms with Gasteiger partial charge in [0, 0.05) is 6.42 Å². The fourth-order valence-corrected chi connectivity index (χ4v) is 1.14. The second-order valence-corrected chi connectivity index (χ2v) is 2.68. The molecule has 1 aliphatic carbocycles. The molecular weight excluding hydrogens is 203 g/mol. The molecule has 0 aromatic carbocycles. The molecule has 0 radical (unpaired) electrons. The van der Waals surface area contributed by atoms with Crippen LogP contribution in [0, 0.1) is 0 Å². The van der Waals surface area contributed by atoms with E-state index in [9.17, 15) is 4.79 Å². The summed E-state index contributed by atoms with van der Waals surface area (Å²) in [5, 5.41) is 0. The Morgan fingerprint density at radius 2 is 2.43 bits per heavy atom. The molecule has 7 heavy (non-hydrogen) atoms. The average Bonchev–Trinajstić information content (AvgIpc) is 1.91. The van der Waals surface area contributed by atoms with Gasteiger partial charge in [-0.05, 0) is 29.0 Å². The lowest BCUT2D eigenvalue weighted by Crippen LogP contribution is -1.85. The van der Waals surface area contributed by atoms with Crippen LogP contribution in [0.25, 0.3) is 0 Å². The minimum atomic E-state index is 0.306. The van der Waals surface area contributed by atoms with Gasteiger partial charge in [0.1, 0.15) is 0 Å². The highest BCUT2D eigenvalue weighted by atomic mass is 127. The Hall–Kier alpha value is 0.140. The van der Waals surface area contributed by atoms with Crippen LogP contribution in [0.5, 0.6) is 0 Å². The van der Waals surface area contributed by atoms with Crippen molar-refractivity contribution < 1.29 is 4.79 Å². The molecule has 38 valence electrons. The average molecular weight is 208 g/mol. The van der Waals surface area contributed by atoms with E-state index in [0.717, 1.165) is 16.4 Å². The van der Waals surface area contributed by atoms with Gasteiger partial charge in [0.05, 0.1) is 3.58 Å². The highest BCUT2D eigenvalue weighted by Crippen LogP contribution is 2.18. The molecule has 2 heteroatoms. The van der Waals surface area contributed by atoms with Gasteiger partial charge in [-0.25, -0.2) is 0 Å². The number of carbonyl (C=O) groups excluding carboxylic acids is 1. The van der Waals surface area contributed by atoms with Crippen molar-refractivity contribution in [1.82, 2.24) is 0 Å². The molecule has 0 amide bonds. The number of carbonyl (C=O) groups is 1. The smallest absolute Gasteiger partial charge is 0.168 e. The number of ketones is 1. The first-order chi connectivity index (χ1) is 3.30. The summed E-state index contributed by atoms with van der Waals surface area (Å²) < 4.78 is 0.914. The molecule has 0 atom stereocenters. The number of hydrogen-bond acceptors (Lipinski definition) is 1. The normalized spacial score (nSPS) is 20.1. The van der Waals surface area contributed by atoms with Crippen molar-refractivity contribution in [3.8, 4) is 0 Å². The summed E-state index contributed by atoms with van der Waals surface area (Å²) in [4.78, 5) is 10.5. The SMILES string of the molecule is O=C1CCC=C1I. The summed E-state index contributed by atoms with van der Waals surface area (Å²) in [7, 11) is 0. The fraction of sp³-hybridized carbons (Fsp3) is 0.400. The quantitative estimate of drug-likeness (QED) is 0.553. The summed E-state index contributed by atoms with van der Waals surface area (Å²) in [6.45, 7) is 0. The minimum absolute atomic E-state index is 0.306. The van der Waals surface area contributed by atoms with Crippen LogP contribution >= 0.6 is 22.6 Å². The third-order valence-electron chi connectivity index (χ3n) is 0.961. The predicted molar refractivity (Wildman–Crippen MR) is 36.3 cm³/mol. The van der Waals surface area contributed by atoms with Gasteiger partial charge in [0.25, 0.3) is 0 Å². The van der Waals surface area contributed by atoms with E-state index in [-0.39, 0.29) is 0 Å². The van der Waals surface area contributed by atoms with E-state index < -0.39 is 0 Å². The summed E-state index contributed by atoms with van der Waals surface area (Å²) in [5.41, 5.74) is 0. The zero-order chi connectivity index (χ0) is 5.28. The molecule has 1 aliphatic rings. The highest BCUT2D eigenvalue weighted by Gasteiger charge is 2.09. The Labute approximate surface area is 55.9 Å². The topological polar surface area (TPSA) is 17.1 Å². The van der Waals surface area contributed by atoms with Gasteiger partial charge in [-0.3, -0.25) is 4.79 Å². The maximum absolute atomic E-state index is 10.5. The van der Waals surface area contributed by atoms with Crippen molar-refractivity contribution in [3.63, 3.8) is 0 Å². The van der Waals surface area contributed by atoms with Gasteiger partial charge in [-0.2, -0.15) is 0 Å². The lowest BCUT2D eigenvalue weighted by atomic mass is 10.3. The monoisotopic (exact) mass is 208 g/mol. The molecule has 1 nitrogen and oxygen atoms in total. The third kappa shape index (κ3) is 1.02. The Bertz CT molecular complexity index is 126. The standard InChI is InChI=1S/C5H5IO/c6-4-2-1-3-5(4)7/h2H,1,3H2. The van der Waals surface area contributed by atoms with Crippen LogP contribution in [0.1, 0.15) is 12.8 Å². The maximum Gasteiger partial charge on any atom is 0.168 e. The van der Waals surface area contributed by atoms with Gasteiger partial charge < -0.3 is 0 Å². The van der Waals surface area contributed by atoms with Gasteiger partial charge >= 0.3 is 0 Å². The highest BCUT2D eigenvalue weighted by molar-refractivity contribution is 14.1. The summed E-state index contributed by atoms with van der Waals surface area (Å²) in [5.74, 6) is 0.306. The number of Topliss-reactive ketones (excluding diaryl/α,β-unsaturated/α-hetero) is 1. The summed E-state index contributed by atoms with van der Waals surface area (Å²) in [6, 6.07) is 0. The number of halogens is 1. The summed E-state index contributed by atoms with van der Waals surface area (Å²) >= 11 is 2.07. The zero-order valence-electron chi connectivity index (χ0n) is 3.78. The largest absolute Gasteiger partial charge is 0.294 e. The van der Waals surface area contributed by atoms with Crippen LogP contribution in [-0.4, -0.2) is 5.78 Å². The fourth-order valence-electron chi connectivity index (χ4n) is 0.563. The van der Waals surface area contributed by atoms with Gasteiger partial charge in [-0.15, -0.1) is 0 Å². The third-order valence-corrected chi connectivity index (χ3v) is 2.00. The lowest BCUT2D eigenvalue weighted by Gasteiger charge is -1.79. The Morgan fingerprint density at radius 1 is 1.71 bits per heavy atom. The maximum atomic E-state index is 10.5. The first-order valence-corrected chi connectivity index (χ1v) is 3.27.